The number of aromatic nitrogens is 1. The number of pyridine rings is 1. The molecule has 0 saturated carbocycles. The molecule has 1 aromatic heterocycles. The number of hydrazone groups is 1. The second kappa shape index (κ2) is 8.55. The molecule has 1 amide bonds. The van der Waals surface area contributed by atoms with Crippen LogP contribution in [0.4, 0.5) is 0 Å². The summed E-state index contributed by atoms with van der Waals surface area (Å²) in [4.78, 5) is 17.9. The molecule has 30 heavy (non-hydrogen) atoms. The summed E-state index contributed by atoms with van der Waals surface area (Å²) in [6.45, 7) is 3.99. The summed E-state index contributed by atoms with van der Waals surface area (Å²) < 4.78 is 0. The topological polar surface area (TPSA) is 74.6 Å². The lowest BCUT2D eigenvalue weighted by Gasteiger charge is -2.08. The van der Waals surface area contributed by atoms with Crippen molar-refractivity contribution in [2.24, 2.45) is 5.10 Å². The van der Waals surface area contributed by atoms with Gasteiger partial charge in [0, 0.05) is 21.5 Å². The maximum absolute atomic E-state index is 12.3. The Labute approximate surface area is 178 Å². The molecule has 4 aromatic rings. The lowest BCUT2D eigenvalue weighted by molar-refractivity contribution is -0.118. The van der Waals surface area contributed by atoms with Crippen molar-refractivity contribution < 1.29 is 9.90 Å². The van der Waals surface area contributed by atoms with Gasteiger partial charge in [0.1, 0.15) is 5.75 Å². The van der Waals surface area contributed by atoms with Gasteiger partial charge in [-0.2, -0.15) is 5.10 Å². The minimum atomic E-state index is -0.216. The van der Waals surface area contributed by atoms with Crippen LogP contribution in [-0.4, -0.2) is 28.0 Å². The van der Waals surface area contributed by atoms with Crippen molar-refractivity contribution in [1.29, 1.82) is 0 Å². The van der Waals surface area contributed by atoms with E-state index < -0.39 is 0 Å². The zero-order valence-corrected chi connectivity index (χ0v) is 17.5. The number of phenols is 1. The molecule has 4 rings (SSSR count). The van der Waals surface area contributed by atoms with E-state index in [9.17, 15) is 9.90 Å². The second-order valence-electron chi connectivity index (χ2n) is 7.08. The number of hydrogen-bond acceptors (Lipinski definition) is 5. The quantitative estimate of drug-likeness (QED) is 0.275. The molecular weight excluding hydrogens is 394 g/mol. The fraction of sp³-hybridized carbons (Fsp3) is 0.125. The van der Waals surface area contributed by atoms with Crippen molar-refractivity contribution >= 4 is 45.6 Å². The molecule has 0 saturated heterocycles. The average molecular weight is 416 g/mol. The van der Waals surface area contributed by atoms with Crippen molar-refractivity contribution in [3.05, 3.63) is 77.5 Å². The van der Waals surface area contributed by atoms with Crippen molar-refractivity contribution in [3.63, 3.8) is 0 Å². The van der Waals surface area contributed by atoms with Crippen LogP contribution in [0.5, 0.6) is 5.75 Å². The van der Waals surface area contributed by atoms with E-state index in [1.807, 2.05) is 62.4 Å². The van der Waals surface area contributed by atoms with E-state index in [0.29, 0.717) is 5.56 Å². The van der Waals surface area contributed by atoms with Crippen molar-refractivity contribution in [2.75, 3.05) is 5.75 Å². The van der Waals surface area contributed by atoms with Crippen molar-refractivity contribution in [2.45, 2.75) is 18.7 Å². The third kappa shape index (κ3) is 4.28. The summed E-state index contributed by atoms with van der Waals surface area (Å²) in [6.07, 6.45) is 1.48. The van der Waals surface area contributed by atoms with E-state index >= 15 is 0 Å². The molecule has 2 N–H and O–H groups in total. The maximum atomic E-state index is 12.3. The molecular formula is C24H21N3O2S. The number of aromatic hydroxyl groups is 1. The van der Waals surface area contributed by atoms with Gasteiger partial charge in [-0.25, -0.2) is 5.43 Å². The Morgan fingerprint density at radius 1 is 1.10 bits per heavy atom. The van der Waals surface area contributed by atoms with Crippen molar-refractivity contribution in [3.8, 4) is 5.75 Å². The van der Waals surface area contributed by atoms with Crippen LogP contribution >= 0.6 is 11.8 Å². The Kier molecular flexibility index (Phi) is 5.68. The van der Waals surface area contributed by atoms with Crippen molar-refractivity contribution in [1.82, 2.24) is 10.4 Å². The fourth-order valence-corrected chi connectivity index (χ4v) is 4.24. The van der Waals surface area contributed by atoms with Gasteiger partial charge in [-0.15, -0.1) is 11.8 Å². The summed E-state index contributed by atoms with van der Waals surface area (Å²) in [7, 11) is 0. The number of fused-ring (bicyclic) bond motifs is 2. The molecule has 0 fully saturated rings. The normalized spacial score (nSPS) is 11.4. The average Bonchev–Trinajstić information content (AvgIpc) is 2.74. The van der Waals surface area contributed by atoms with Crippen LogP contribution < -0.4 is 5.43 Å². The highest BCUT2D eigenvalue weighted by atomic mass is 32.2. The number of hydrogen-bond donors (Lipinski definition) is 2. The first-order valence-corrected chi connectivity index (χ1v) is 10.5. The first-order valence-electron chi connectivity index (χ1n) is 9.55. The number of carbonyl (C=O) groups is 1. The standard InChI is InChI=1S/C24H21N3O2S/c1-15-7-9-21-19(11-15)23(12-16(2)26-21)30-14-24(29)27-25-13-20-18-6-4-3-5-17(18)8-10-22(20)28/h3-13,28H,14H2,1-2H3,(H,27,29). The van der Waals surface area contributed by atoms with Gasteiger partial charge < -0.3 is 5.11 Å². The van der Waals surface area contributed by atoms with Crippen LogP contribution in [0.2, 0.25) is 0 Å². The van der Waals surface area contributed by atoms with Crippen LogP contribution in [0.25, 0.3) is 21.7 Å². The Bertz CT molecular complexity index is 1280. The number of amides is 1. The highest BCUT2D eigenvalue weighted by molar-refractivity contribution is 8.00. The van der Waals surface area contributed by atoms with Crippen LogP contribution in [0.1, 0.15) is 16.8 Å². The Morgan fingerprint density at radius 2 is 1.93 bits per heavy atom. The fourth-order valence-electron chi connectivity index (χ4n) is 3.32. The molecule has 0 aliphatic carbocycles. The lowest BCUT2D eigenvalue weighted by atomic mass is 10.0. The summed E-state index contributed by atoms with van der Waals surface area (Å²) in [5.41, 5.74) is 6.12. The van der Waals surface area contributed by atoms with E-state index in [0.717, 1.165) is 37.8 Å². The third-order valence-electron chi connectivity index (χ3n) is 4.74. The summed E-state index contributed by atoms with van der Waals surface area (Å²) in [5.74, 6) is 0.132. The molecule has 0 aliphatic heterocycles. The summed E-state index contributed by atoms with van der Waals surface area (Å²) in [6, 6.07) is 19.3. The molecule has 5 nitrogen and oxygen atoms in total. The minimum absolute atomic E-state index is 0.121. The first-order chi connectivity index (χ1) is 14.5. The number of phenolic OH excluding ortho intramolecular Hbond substituents is 1. The zero-order chi connectivity index (χ0) is 21.1. The molecule has 6 heteroatoms. The maximum Gasteiger partial charge on any atom is 0.250 e. The predicted molar refractivity (Wildman–Crippen MR) is 123 cm³/mol. The van der Waals surface area contributed by atoms with Gasteiger partial charge in [0.05, 0.1) is 17.5 Å². The van der Waals surface area contributed by atoms with Crippen LogP contribution in [0, 0.1) is 13.8 Å². The Balaban J connectivity index is 1.46. The van der Waals surface area contributed by atoms with E-state index in [1.54, 1.807) is 6.07 Å². The number of aryl methyl sites for hydroxylation is 2. The van der Waals surface area contributed by atoms with Gasteiger partial charge in [0.25, 0.3) is 0 Å². The lowest BCUT2D eigenvalue weighted by Crippen LogP contribution is -2.19. The number of rotatable bonds is 5. The zero-order valence-electron chi connectivity index (χ0n) is 16.7. The number of nitrogens with zero attached hydrogens (tertiary/aromatic N) is 2. The largest absolute Gasteiger partial charge is 0.507 e. The molecule has 3 aromatic carbocycles. The highest BCUT2D eigenvalue weighted by Gasteiger charge is 2.09. The number of benzene rings is 3. The molecule has 0 bridgehead atoms. The molecule has 0 atom stereocenters. The number of nitrogens with one attached hydrogen (secondary N) is 1. The molecule has 0 unspecified atom stereocenters. The van der Waals surface area contributed by atoms with Crippen LogP contribution in [0.15, 0.2) is 70.7 Å². The first kappa shape index (κ1) is 19.9. The van der Waals surface area contributed by atoms with Crippen LogP contribution in [-0.2, 0) is 4.79 Å². The Hall–Kier alpha value is -3.38. The summed E-state index contributed by atoms with van der Waals surface area (Å²) >= 11 is 1.46. The van der Waals surface area contributed by atoms with E-state index in [4.69, 9.17) is 0 Å². The van der Waals surface area contributed by atoms with Gasteiger partial charge in [0.2, 0.25) is 5.91 Å². The van der Waals surface area contributed by atoms with Gasteiger partial charge in [-0.1, -0.05) is 42.0 Å². The second-order valence-corrected chi connectivity index (χ2v) is 8.10. The Morgan fingerprint density at radius 3 is 2.80 bits per heavy atom. The predicted octanol–water partition coefficient (Wildman–Crippen LogP) is 4.95. The number of carbonyl (C=O) groups excluding carboxylic acids is 1. The SMILES string of the molecule is Cc1ccc2nc(C)cc(SCC(=O)NN=Cc3c(O)ccc4ccccc34)c2c1. The molecule has 150 valence electrons. The highest BCUT2D eigenvalue weighted by Crippen LogP contribution is 2.29. The molecule has 0 aliphatic rings. The number of thioether (sulfide) groups is 1. The van der Waals surface area contributed by atoms with Gasteiger partial charge in [0.15, 0.2) is 0 Å². The molecule has 1 heterocycles. The smallest absolute Gasteiger partial charge is 0.250 e. The van der Waals surface area contributed by atoms with Gasteiger partial charge >= 0.3 is 0 Å². The van der Waals surface area contributed by atoms with Gasteiger partial charge in [-0.05, 0) is 48.9 Å². The minimum Gasteiger partial charge on any atom is -0.507 e. The van der Waals surface area contributed by atoms with E-state index in [1.165, 1.54) is 18.0 Å². The van der Waals surface area contributed by atoms with Crippen LogP contribution in [0.3, 0.4) is 0 Å². The molecule has 0 spiro atoms. The monoisotopic (exact) mass is 415 g/mol. The van der Waals surface area contributed by atoms with E-state index in [2.05, 4.69) is 21.6 Å². The third-order valence-corrected chi connectivity index (χ3v) is 5.80. The summed E-state index contributed by atoms with van der Waals surface area (Å²) in [5, 5.41) is 17.1. The van der Waals surface area contributed by atoms with E-state index in [-0.39, 0.29) is 17.4 Å². The molecule has 0 radical (unpaired) electrons. The van der Waals surface area contributed by atoms with Gasteiger partial charge in [-0.3, -0.25) is 9.78 Å².